The van der Waals surface area contributed by atoms with Crippen LogP contribution in [-0.4, -0.2) is 17.6 Å². The van der Waals surface area contributed by atoms with Crippen LogP contribution in [0.4, 0.5) is 5.69 Å². The molecular formula is C16H15NO4-2. The number of carboxylic acids is 1. The molecule has 0 radical (unpaired) electrons. The standard InChI is InChI=1S/C16H15NO4/c1-12-6-5-9-14(10-12)17(11-15(18)19)16(20,21)13-7-3-2-4-8-13/h2-10H,11H2,1H3,(H,18,19)/q-2. The van der Waals surface area contributed by atoms with Crippen LogP contribution in [0.15, 0.2) is 54.6 Å². The highest BCUT2D eigenvalue weighted by Gasteiger charge is 2.19. The molecule has 0 heterocycles. The lowest BCUT2D eigenvalue weighted by atomic mass is 10.1. The summed E-state index contributed by atoms with van der Waals surface area (Å²) in [5, 5.41) is 34.1. The van der Waals surface area contributed by atoms with Gasteiger partial charge in [0.05, 0.1) is 0 Å². The molecule has 0 saturated heterocycles. The van der Waals surface area contributed by atoms with Gasteiger partial charge in [0.15, 0.2) is 0 Å². The fourth-order valence-corrected chi connectivity index (χ4v) is 2.10. The van der Waals surface area contributed by atoms with Crippen LogP contribution in [0.2, 0.25) is 0 Å². The number of aryl methyl sites for hydroxylation is 1. The Bertz CT molecular complexity index is 625. The molecule has 5 heteroatoms. The van der Waals surface area contributed by atoms with Crippen LogP contribution < -0.4 is 15.1 Å². The smallest absolute Gasteiger partial charge is 0.323 e. The lowest BCUT2D eigenvalue weighted by Crippen LogP contribution is -2.66. The molecule has 110 valence electrons. The van der Waals surface area contributed by atoms with E-state index in [0.29, 0.717) is 5.69 Å². The third kappa shape index (κ3) is 3.39. The van der Waals surface area contributed by atoms with Gasteiger partial charge in [0.1, 0.15) is 6.54 Å². The molecule has 1 N–H and O–H groups in total. The molecular weight excluding hydrogens is 270 g/mol. The average Bonchev–Trinajstić information content (AvgIpc) is 2.45. The van der Waals surface area contributed by atoms with Crippen LogP contribution in [0.1, 0.15) is 11.1 Å². The maximum Gasteiger partial charge on any atom is 0.323 e. The van der Waals surface area contributed by atoms with Crippen LogP contribution in [0, 0.1) is 6.92 Å². The van der Waals surface area contributed by atoms with Gasteiger partial charge in [0, 0.05) is 5.69 Å². The second-order valence-corrected chi connectivity index (χ2v) is 4.77. The van der Waals surface area contributed by atoms with Crippen molar-refractivity contribution in [1.29, 1.82) is 0 Å². The van der Waals surface area contributed by atoms with E-state index in [1.54, 1.807) is 36.4 Å². The number of aliphatic carboxylic acids is 1. The zero-order chi connectivity index (χ0) is 15.5. The summed E-state index contributed by atoms with van der Waals surface area (Å²) in [5.74, 6) is -4.14. The van der Waals surface area contributed by atoms with Crippen molar-refractivity contribution in [1.82, 2.24) is 0 Å². The molecule has 0 aliphatic rings. The number of hydrogen-bond donors (Lipinski definition) is 1. The Morgan fingerprint density at radius 3 is 2.38 bits per heavy atom. The quantitative estimate of drug-likeness (QED) is 0.804. The van der Waals surface area contributed by atoms with Gasteiger partial charge in [0.2, 0.25) is 0 Å². The monoisotopic (exact) mass is 285 g/mol. The molecule has 2 aromatic carbocycles. The van der Waals surface area contributed by atoms with E-state index in [1.807, 2.05) is 13.0 Å². The Hall–Kier alpha value is -2.37. The first kappa shape index (κ1) is 15.0. The van der Waals surface area contributed by atoms with Crippen molar-refractivity contribution in [3.63, 3.8) is 0 Å². The van der Waals surface area contributed by atoms with Crippen LogP contribution in [0.5, 0.6) is 0 Å². The molecule has 0 aliphatic heterocycles. The molecule has 0 unspecified atom stereocenters. The van der Waals surface area contributed by atoms with Crippen molar-refractivity contribution in [3.8, 4) is 0 Å². The van der Waals surface area contributed by atoms with Crippen molar-refractivity contribution in [2.75, 3.05) is 11.4 Å². The fraction of sp³-hybridized carbons (Fsp3) is 0.188. The van der Waals surface area contributed by atoms with Crippen molar-refractivity contribution in [2.24, 2.45) is 0 Å². The summed E-state index contributed by atoms with van der Waals surface area (Å²) in [4.78, 5) is 11.8. The van der Waals surface area contributed by atoms with E-state index in [2.05, 4.69) is 0 Å². The SMILES string of the molecule is Cc1cccc(N(CC(=O)O)C([O-])([O-])c2ccccc2)c1. The molecule has 2 aromatic rings. The van der Waals surface area contributed by atoms with E-state index in [1.165, 1.54) is 12.1 Å². The molecule has 5 nitrogen and oxygen atoms in total. The third-order valence-electron chi connectivity index (χ3n) is 3.10. The zero-order valence-electron chi connectivity index (χ0n) is 11.5. The van der Waals surface area contributed by atoms with E-state index in [4.69, 9.17) is 5.11 Å². The van der Waals surface area contributed by atoms with Crippen molar-refractivity contribution in [2.45, 2.75) is 12.8 Å². The van der Waals surface area contributed by atoms with Crippen molar-refractivity contribution >= 4 is 11.7 Å². The minimum atomic E-state index is -2.91. The first-order valence-electron chi connectivity index (χ1n) is 6.44. The van der Waals surface area contributed by atoms with Crippen LogP contribution in [-0.2, 0) is 10.7 Å². The summed E-state index contributed by atoms with van der Waals surface area (Å²) in [6, 6.07) is 14.3. The largest absolute Gasteiger partial charge is 0.844 e. The van der Waals surface area contributed by atoms with Crippen LogP contribution in [0.25, 0.3) is 0 Å². The van der Waals surface area contributed by atoms with Gasteiger partial charge < -0.3 is 20.2 Å². The topological polar surface area (TPSA) is 86.7 Å². The Balaban J connectivity index is 2.47. The number of anilines is 1. The van der Waals surface area contributed by atoms with Gasteiger partial charge in [-0.3, -0.25) is 4.79 Å². The predicted molar refractivity (Wildman–Crippen MR) is 74.3 cm³/mol. The number of benzene rings is 2. The summed E-state index contributed by atoms with van der Waals surface area (Å²) in [5.41, 5.74) is 1.12. The number of carboxylic acid groups (broad SMARTS) is 1. The van der Waals surface area contributed by atoms with Gasteiger partial charge in [-0.15, -0.1) is 0 Å². The van der Waals surface area contributed by atoms with Crippen molar-refractivity contribution in [3.05, 3.63) is 65.7 Å². The van der Waals surface area contributed by atoms with Gasteiger partial charge in [-0.25, -0.2) is 0 Å². The molecule has 0 spiro atoms. The Kier molecular flexibility index (Phi) is 4.26. The maximum atomic E-state index is 12.6. The minimum Gasteiger partial charge on any atom is -0.844 e. The van der Waals surface area contributed by atoms with Crippen molar-refractivity contribution < 1.29 is 20.1 Å². The van der Waals surface area contributed by atoms with Gasteiger partial charge in [-0.1, -0.05) is 53.9 Å². The average molecular weight is 285 g/mol. The lowest BCUT2D eigenvalue weighted by molar-refractivity contribution is -0.733. The highest BCUT2D eigenvalue weighted by Crippen LogP contribution is 2.25. The molecule has 0 saturated carbocycles. The zero-order valence-corrected chi connectivity index (χ0v) is 11.5. The maximum absolute atomic E-state index is 12.6. The first-order valence-corrected chi connectivity index (χ1v) is 6.44. The lowest BCUT2D eigenvalue weighted by Gasteiger charge is -2.58. The van der Waals surface area contributed by atoms with Gasteiger partial charge in [0.25, 0.3) is 0 Å². The van der Waals surface area contributed by atoms with Crippen LogP contribution in [0.3, 0.4) is 0 Å². The van der Waals surface area contributed by atoms with E-state index < -0.39 is 18.4 Å². The summed E-state index contributed by atoms with van der Waals surface area (Å²) >= 11 is 0. The van der Waals surface area contributed by atoms with Gasteiger partial charge in [-0.05, 0) is 24.6 Å². The number of nitrogens with zero attached hydrogens (tertiary/aromatic N) is 1. The molecule has 2 rings (SSSR count). The Labute approximate surface area is 122 Å². The molecule has 0 aromatic heterocycles. The van der Waals surface area contributed by atoms with E-state index in [0.717, 1.165) is 10.5 Å². The highest BCUT2D eigenvalue weighted by molar-refractivity contribution is 5.74. The highest BCUT2D eigenvalue weighted by atomic mass is 16.5. The fourth-order valence-electron chi connectivity index (χ4n) is 2.10. The van der Waals surface area contributed by atoms with Gasteiger partial charge >= 0.3 is 5.97 Å². The Morgan fingerprint density at radius 2 is 1.81 bits per heavy atom. The minimum absolute atomic E-state index is 0.0206. The second-order valence-electron chi connectivity index (χ2n) is 4.77. The summed E-state index contributed by atoms with van der Waals surface area (Å²) in [6.45, 7) is 1.15. The number of hydrogen-bond acceptors (Lipinski definition) is 4. The normalized spacial score (nSPS) is 11.2. The van der Waals surface area contributed by atoms with Crippen LogP contribution >= 0.6 is 0 Å². The summed E-state index contributed by atoms with van der Waals surface area (Å²) in [7, 11) is 0. The second kappa shape index (κ2) is 5.95. The predicted octanol–water partition coefficient (Wildman–Crippen LogP) is 0.417. The third-order valence-corrected chi connectivity index (χ3v) is 3.10. The van der Waals surface area contributed by atoms with Gasteiger partial charge in [-0.2, -0.15) is 0 Å². The Morgan fingerprint density at radius 1 is 1.14 bits per heavy atom. The van der Waals surface area contributed by atoms with E-state index in [9.17, 15) is 15.0 Å². The number of rotatable bonds is 5. The van der Waals surface area contributed by atoms with E-state index >= 15 is 0 Å². The van der Waals surface area contributed by atoms with E-state index in [-0.39, 0.29) is 5.56 Å². The number of carbonyl (C=O) groups is 1. The molecule has 0 aliphatic carbocycles. The molecule has 0 atom stereocenters. The summed E-state index contributed by atoms with van der Waals surface area (Å²) < 4.78 is 0. The molecule has 0 fully saturated rings. The molecule has 21 heavy (non-hydrogen) atoms. The first-order chi connectivity index (χ1) is 9.91. The summed E-state index contributed by atoms with van der Waals surface area (Å²) in [6.07, 6.45) is 0. The molecule has 0 amide bonds. The molecule has 0 bridgehead atoms.